The summed E-state index contributed by atoms with van der Waals surface area (Å²) in [6, 6.07) is 7.58. The fraction of sp³-hybridized carbons (Fsp3) is 0.471. The van der Waals surface area contributed by atoms with Crippen molar-refractivity contribution >= 4 is 29.8 Å². The third-order valence-corrected chi connectivity index (χ3v) is 5.48. The summed E-state index contributed by atoms with van der Waals surface area (Å²) in [4.78, 5) is 13.0. The highest BCUT2D eigenvalue weighted by molar-refractivity contribution is 7.71. The summed E-state index contributed by atoms with van der Waals surface area (Å²) in [5, 5.41) is 5.39. The largest absolute Gasteiger partial charge is 0.469 e. The Balaban J connectivity index is 1.72. The molecule has 0 atom stereocenters. The second-order valence-corrected chi connectivity index (χ2v) is 7.18. The average Bonchev–Trinajstić information content (AvgIpc) is 2.91. The minimum Gasteiger partial charge on any atom is -0.469 e. The average molecular weight is 382 g/mol. The zero-order valence-corrected chi connectivity index (χ0v) is 15.9. The van der Waals surface area contributed by atoms with E-state index in [4.69, 9.17) is 33.7 Å². The van der Waals surface area contributed by atoms with Gasteiger partial charge in [-0.15, -0.1) is 5.10 Å². The lowest BCUT2D eigenvalue weighted by Gasteiger charge is -2.27. The topological polar surface area (TPSA) is 53.5 Å². The van der Waals surface area contributed by atoms with Crippen LogP contribution in [0.25, 0.3) is 11.4 Å². The highest BCUT2D eigenvalue weighted by atomic mass is 35.5. The van der Waals surface area contributed by atoms with Crippen LogP contribution in [0.2, 0.25) is 5.02 Å². The third kappa shape index (κ3) is 3.94. The summed E-state index contributed by atoms with van der Waals surface area (Å²) in [5.74, 6) is 0.749. The molecule has 8 heteroatoms. The fourth-order valence-electron chi connectivity index (χ4n) is 3.24. The normalized spacial score (nSPS) is 20.4. The van der Waals surface area contributed by atoms with Gasteiger partial charge in [0.2, 0.25) is 4.77 Å². The Bertz CT molecular complexity index is 807. The second kappa shape index (κ2) is 7.68. The van der Waals surface area contributed by atoms with Gasteiger partial charge in [-0.2, -0.15) is 4.68 Å². The molecule has 2 aromatic rings. The number of aromatic nitrogens is 3. The first-order chi connectivity index (χ1) is 12.0. The van der Waals surface area contributed by atoms with Gasteiger partial charge in [0.15, 0.2) is 12.5 Å². The number of carbonyl (C=O) groups excluding carboxylic acids is 1. The van der Waals surface area contributed by atoms with Crippen LogP contribution in [0.1, 0.15) is 12.8 Å². The van der Waals surface area contributed by atoms with E-state index in [2.05, 4.69) is 0 Å². The van der Waals surface area contributed by atoms with E-state index in [9.17, 15) is 4.79 Å². The van der Waals surface area contributed by atoms with Crippen LogP contribution < -0.4 is 4.90 Å². The monoisotopic (exact) mass is 381 g/mol. The molecule has 1 fully saturated rings. The van der Waals surface area contributed by atoms with Crippen LogP contribution in [0.5, 0.6) is 0 Å². The molecule has 0 radical (unpaired) electrons. The number of esters is 1. The second-order valence-electron chi connectivity index (χ2n) is 6.38. The predicted molar refractivity (Wildman–Crippen MR) is 97.9 cm³/mol. The Kier molecular flexibility index (Phi) is 5.56. The van der Waals surface area contributed by atoms with Gasteiger partial charge in [-0.1, -0.05) is 11.6 Å². The molecule has 25 heavy (non-hydrogen) atoms. The number of hydrogen-bond acceptors (Lipinski definition) is 4. The lowest BCUT2D eigenvalue weighted by Crippen LogP contribution is -3.12. The van der Waals surface area contributed by atoms with E-state index in [0.717, 1.165) is 37.3 Å². The maximum Gasteiger partial charge on any atom is 0.309 e. The van der Waals surface area contributed by atoms with E-state index >= 15 is 0 Å². The first-order valence-electron chi connectivity index (χ1n) is 8.30. The molecule has 1 aromatic carbocycles. The van der Waals surface area contributed by atoms with E-state index in [1.54, 1.807) is 0 Å². The number of piperidine rings is 1. The van der Waals surface area contributed by atoms with Gasteiger partial charge in [0.1, 0.15) is 0 Å². The van der Waals surface area contributed by atoms with E-state index in [1.165, 1.54) is 12.0 Å². The molecule has 0 bridgehead atoms. The number of ether oxygens (including phenoxy) is 1. The molecule has 0 amide bonds. The summed E-state index contributed by atoms with van der Waals surface area (Å²) in [5.41, 5.74) is 0.983. The maximum absolute atomic E-state index is 11.6. The molecule has 0 aliphatic carbocycles. The number of nitrogens with one attached hydrogen (secondary N) is 1. The minimum atomic E-state index is -0.0986. The molecule has 134 valence electrons. The quantitative estimate of drug-likeness (QED) is 0.647. The lowest BCUT2D eigenvalue weighted by atomic mass is 9.97. The molecule has 1 saturated heterocycles. The Hall–Kier alpha value is -1.70. The molecule has 0 saturated carbocycles. The maximum atomic E-state index is 11.6. The number of hydrogen-bond donors (Lipinski definition) is 1. The van der Waals surface area contributed by atoms with Crippen LogP contribution in [0.3, 0.4) is 0 Å². The van der Waals surface area contributed by atoms with Crippen molar-refractivity contribution in [3.8, 4) is 11.4 Å². The van der Waals surface area contributed by atoms with E-state index in [1.807, 2.05) is 40.6 Å². The van der Waals surface area contributed by atoms with Crippen LogP contribution >= 0.6 is 23.8 Å². The highest BCUT2D eigenvalue weighted by Gasteiger charge is 2.28. The molecule has 6 nitrogen and oxygen atoms in total. The Morgan fingerprint density at radius 3 is 2.60 bits per heavy atom. The Labute approximate surface area is 157 Å². The van der Waals surface area contributed by atoms with Crippen LogP contribution in [-0.4, -0.2) is 40.5 Å². The van der Waals surface area contributed by atoms with Gasteiger partial charge >= 0.3 is 5.97 Å². The molecule has 1 aromatic heterocycles. The number of quaternary nitrogens is 1. The molecule has 1 aliphatic heterocycles. The number of methoxy groups -OCH3 is 1. The predicted octanol–water partition coefficient (Wildman–Crippen LogP) is 1.70. The standard InChI is InChI=1S/C17H21ClN4O2S/c1-20-15(12-3-5-14(18)6-4-12)19-22(17(20)25)11-21-9-7-13(8-10-21)16(23)24-2/h3-6,13H,7-11H2,1-2H3/p+1. The van der Waals surface area contributed by atoms with Crippen molar-refractivity contribution in [1.29, 1.82) is 0 Å². The molecule has 0 spiro atoms. The summed E-state index contributed by atoms with van der Waals surface area (Å²) >= 11 is 11.5. The third-order valence-electron chi connectivity index (χ3n) is 4.74. The van der Waals surface area contributed by atoms with Crippen molar-refractivity contribution in [1.82, 2.24) is 14.3 Å². The van der Waals surface area contributed by atoms with Gasteiger partial charge in [0.25, 0.3) is 0 Å². The van der Waals surface area contributed by atoms with Crippen LogP contribution in [-0.2, 0) is 23.2 Å². The summed E-state index contributed by atoms with van der Waals surface area (Å²) in [7, 11) is 3.38. The summed E-state index contributed by atoms with van der Waals surface area (Å²) in [6.45, 7) is 2.52. The molecular formula is C17H22ClN4O2S+. The van der Waals surface area contributed by atoms with Crippen LogP contribution in [0.4, 0.5) is 0 Å². The van der Waals surface area contributed by atoms with Crippen molar-refractivity contribution in [2.24, 2.45) is 13.0 Å². The fourth-order valence-corrected chi connectivity index (χ4v) is 3.56. The Morgan fingerprint density at radius 2 is 2.00 bits per heavy atom. The van der Waals surface area contributed by atoms with Gasteiger partial charge in [-0.05, 0) is 36.5 Å². The van der Waals surface area contributed by atoms with Gasteiger partial charge in [0, 0.05) is 30.5 Å². The molecule has 3 rings (SSSR count). The Morgan fingerprint density at radius 1 is 1.36 bits per heavy atom. The molecule has 1 aliphatic rings. The van der Waals surface area contributed by atoms with Crippen LogP contribution in [0, 0.1) is 10.7 Å². The summed E-state index contributed by atoms with van der Waals surface area (Å²) < 4.78 is 9.32. The SMILES string of the molecule is COC(=O)C1CC[NH+](Cn2nc(-c3ccc(Cl)cc3)n(C)c2=S)CC1. The molecule has 0 unspecified atom stereocenters. The zero-order chi connectivity index (χ0) is 18.0. The number of rotatable bonds is 4. The summed E-state index contributed by atoms with van der Waals surface area (Å²) in [6.07, 6.45) is 1.68. The van der Waals surface area contributed by atoms with Crippen molar-refractivity contribution in [2.45, 2.75) is 19.5 Å². The van der Waals surface area contributed by atoms with E-state index in [0.29, 0.717) is 16.5 Å². The number of benzene rings is 1. The number of likely N-dealkylation sites (tertiary alicyclic amines) is 1. The first-order valence-corrected chi connectivity index (χ1v) is 9.09. The van der Waals surface area contributed by atoms with Crippen molar-refractivity contribution < 1.29 is 14.4 Å². The van der Waals surface area contributed by atoms with Crippen molar-refractivity contribution in [3.63, 3.8) is 0 Å². The van der Waals surface area contributed by atoms with Gasteiger partial charge in [-0.3, -0.25) is 4.79 Å². The van der Waals surface area contributed by atoms with Gasteiger partial charge in [0.05, 0.1) is 26.1 Å². The van der Waals surface area contributed by atoms with Gasteiger partial charge in [-0.25, -0.2) is 0 Å². The van der Waals surface area contributed by atoms with Gasteiger partial charge < -0.3 is 14.2 Å². The number of nitrogens with zero attached hydrogens (tertiary/aromatic N) is 3. The molecule has 1 N–H and O–H groups in total. The van der Waals surface area contributed by atoms with E-state index in [-0.39, 0.29) is 11.9 Å². The van der Waals surface area contributed by atoms with Crippen LogP contribution in [0.15, 0.2) is 24.3 Å². The highest BCUT2D eigenvalue weighted by Crippen LogP contribution is 2.19. The molecule has 2 heterocycles. The number of halogens is 1. The lowest BCUT2D eigenvalue weighted by molar-refractivity contribution is -0.929. The van der Waals surface area contributed by atoms with E-state index < -0.39 is 0 Å². The molecular weight excluding hydrogens is 360 g/mol. The first kappa shape index (κ1) is 18.1. The smallest absolute Gasteiger partial charge is 0.309 e. The zero-order valence-electron chi connectivity index (χ0n) is 14.4. The number of carbonyl (C=O) groups is 1. The van der Waals surface area contributed by atoms with Crippen molar-refractivity contribution in [2.75, 3.05) is 20.2 Å². The minimum absolute atomic E-state index is 0.0232. The van der Waals surface area contributed by atoms with Crippen molar-refractivity contribution in [3.05, 3.63) is 34.1 Å².